The summed E-state index contributed by atoms with van der Waals surface area (Å²) in [7, 11) is -2.77. The van der Waals surface area contributed by atoms with Crippen LogP contribution in [0.4, 0.5) is 0 Å². The van der Waals surface area contributed by atoms with Crippen LogP contribution in [0, 0.1) is 0 Å². The van der Waals surface area contributed by atoms with E-state index in [1.54, 1.807) is 0 Å². The van der Waals surface area contributed by atoms with Crippen LogP contribution in [0.25, 0.3) is 0 Å². The van der Waals surface area contributed by atoms with Gasteiger partial charge in [-0.15, -0.1) is 0 Å². The predicted octanol–water partition coefficient (Wildman–Crippen LogP) is 0.785. The maximum atomic E-state index is 10.2. The summed E-state index contributed by atoms with van der Waals surface area (Å²) in [6.07, 6.45) is 1.41. The lowest BCUT2D eigenvalue weighted by molar-refractivity contribution is -0.140. The Morgan fingerprint density at radius 1 is 1.36 bits per heavy atom. The molecule has 86 valence electrons. The lowest BCUT2D eigenvalue weighted by Gasteiger charge is -1.91. The molecule has 0 spiro atoms. The zero-order chi connectivity index (χ0) is 11.6. The van der Waals surface area contributed by atoms with Gasteiger partial charge in [0.05, 0.1) is 13.7 Å². The second-order valence-corrected chi connectivity index (χ2v) is 3.25. The highest BCUT2D eigenvalue weighted by Crippen LogP contribution is 1.86. The summed E-state index contributed by atoms with van der Waals surface area (Å²) in [6.45, 7) is 3.38. The molecule has 0 bridgehead atoms. The smallest absolute Gasteiger partial charge is 0.397 e. The fourth-order valence-corrected chi connectivity index (χ4v) is 0.753. The fraction of sp³-hybridized carbons (Fsp3) is 0.857. The van der Waals surface area contributed by atoms with E-state index in [1.165, 1.54) is 14.0 Å². The Labute approximate surface area is 84.2 Å². The van der Waals surface area contributed by atoms with Gasteiger partial charge in [-0.05, 0) is 13.3 Å². The van der Waals surface area contributed by atoms with Gasteiger partial charge in [-0.2, -0.15) is 8.42 Å². The van der Waals surface area contributed by atoms with E-state index in [0.717, 1.165) is 6.42 Å². The van der Waals surface area contributed by atoms with Gasteiger partial charge in [-0.1, -0.05) is 6.92 Å². The van der Waals surface area contributed by atoms with Gasteiger partial charge in [-0.3, -0.25) is 9.35 Å². The molecule has 0 rings (SSSR count). The molecule has 0 aromatic heterocycles. The van der Waals surface area contributed by atoms with Crippen LogP contribution in [0.3, 0.4) is 0 Å². The molecule has 0 saturated heterocycles. The van der Waals surface area contributed by atoms with Crippen LogP contribution < -0.4 is 0 Å². The number of carbonyl (C=O) groups excluding carboxylic acids is 1. The molecule has 14 heavy (non-hydrogen) atoms. The second kappa shape index (κ2) is 8.92. The van der Waals surface area contributed by atoms with Crippen molar-refractivity contribution in [3.63, 3.8) is 0 Å². The van der Waals surface area contributed by atoms with E-state index in [-0.39, 0.29) is 12.6 Å². The van der Waals surface area contributed by atoms with Crippen molar-refractivity contribution in [2.45, 2.75) is 26.7 Å². The number of hydrogen-bond acceptors (Lipinski definition) is 5. The van der Waals surface area contributed by atoms with Crippen LogP contribution in [0.5, 0.6) is 0 Å². The number of ether oxygens (including phenoxy) is 1. The summed E-state index contributed by atoms with van der Waals surface area (Å²) < 4.78 is 35.0. The zero-order valence-corrected chi connectivity index (χ0v) is 9.33. The second-order valence-electron chi connectivity index (χ2n) is 2.16. The Balaban J connectivity index is 0. The Morgan fingerprint density at radius 2 is 1.86 bits per heavy atom. The minimum atomic E-state index is -4.17. The van der Waals surface area contributed by atoms with E-state index >= 15 is 0 Å². The van der Waals surface area contributed by atoms with Gasteiger partial charge in [0, 0.05) is 6.42 Å². The van der Waals surface area contributed by atoms with Crippen LogP contribution in [-0.2, 0) is 24.1 Å². The molecule has 0 aliphatic rings. The van der Waals surface area contributed by atoms with Crippen molar-refractivity contribution < 1.29 is 26.7 Å². The molecule has 0 aliphatic heterocycles. The predicted molar refractivity (Wildman–Crippen MR) is 50.1 cm³/mol. The van der Waals surface area contributed by atoms with Gasteiger partial charge < -0.3 is 4.74 Å². The number of carbonyl (C=O) groups is 1. The standard InChI is InChI=1S/C5H10O2.C2H6O4S/c1-3-4-5(6)7-2;1-2-6-7(3,4)5/h3-4H2,1-2H3;2H2,1H3,(H,3,4,5). The van der Waals surface area contributed by atoms with Crippen LogP contribution in [-0.4, -0.2) is 32.7 Å². The summed E-state index contributed by atoms with van der Waals surface area (Å²) in [5.41, 5.74) is 0. The molecule has 0 fully saturated rings. The van der Waals surface area contributed by atoms with Gasteiger partial charge in [0.15, 0.2) is 0 Å². The maximum absolute atomic E-state index is 10.2. The average molecular weight is 228 g/mol. The first kappa shape index (κ1) is 15.8. The quantitative estimate of drug-likeness (QED) is 0.565. The van der Waals surface area contributed by atoms with E-state index in [4.69, 9.17) is 4.55 Å². The van der Waals surface area contributed by atoms with E-state index in [0.29, 0.717) is 6.42 Å². The Morgan fingerprint density at radius 3 is 1.93 bits per heavy atom. The first-order valence-corrected chi connectivity index (χ1v) is 5.42. The molecule has 0 aromatic carbocycles. The number of rotatable bonds is 4. The third-order valence-electron chi connectivity index (χ3n) is 0.949. The van der Waals surface area contributed by atoms with Crippen LogP contribution in [0.2, 0.25) is 0 Å². The molecule has 1 N–H and O–H groups in total. The third kappa shape index (κ3) is 17.4. The van der Waals surface area contributed by atoms with E-state index in [2.05, 4.69) is 8.92 Å². The number of methoxy groups -OCH3 is 1. The minimum Gasteiger partial charge on any atom is -0.469 e. The van der Waals surface area contributed by atoms with Gasteiger partial charge in [0.1, 0.15) is 0 Å². The first-order chi connectivity index (χ1) is 6.37. The summed E-state index contributed by atoms with van der Waals surface area (Å²) in [5, 5.41) is 0. The maximum Gasteiger partial charge on any atom is 0.397 e. The van der Waals surface area contributed by atoms with Crippen LogP contribution in [0.1, 0.15) is 26.7 Å². The number of hydrogen-bond donors (Lipinski definition) is 1. The molecular weight excluding hydrogens is 212 g/mol. The van der Waals surface area contributed by atoms with Crippen molar-refractivity contribution in [2.24, 2.45) is 0 Å². The van der Waals surface area contributed by atoms with Crippen LogP contribution >= 0.6 is 0 Å². The molecule has 0 unspecified atom stereocenters. The van der Waals surface area contributed by atoms with Crippen LogP contribution in [0.15, 0.2) is 0 Å². The summed E-state index contributed by atoms with van der Waals surface area (Å²) in [4.78, 5) is 10.2. The SMILES string of the molecule is CCCC(=O)OC.CCOS(=O)(=O)O. The van der Waals surface area contributed by atoms with E-state index < -0.39 is 10.4 Å². The molecule has 0 radical (unpaired) electrons. The van der Waals surface area contributed by atoms with Crippen molar-refractivity contribution >= 4 is 16.4 Å². The van der Waals surface area contributed by atoms with Gasteiger partial charge in [0.2, 0.25) is 0 Å². The molecule has 0 heterocycles. The molecule has 0 saturated carbocycles. The van der Waals surface area contributed by atoms with Crippen molar-refractivity contribution in [2.75, 3.05) is 13.7 Å². The van der Waals surface area contributed by atoms with E-state index in [9.17, 15) is 13.2 Å². The lowest BCUT2D eigenvalue weighted by atomic mass is 10.3. The van der Waals surface area contributed by atoms with E-state index in [1.807, 2.05) is 6.92 Å². The summed E-state index contributed by atoms with van der Waals surface area (Å²) in [6, 6.07) is 0. The highest BCUT2D eigenvalue weighted by Gasteiger charge is 1.98. The largest absolute Gasteiger partial charge is 0.469 e. The minimum absolute atomic E-state index is 0.0289. The topological polar surface area (TPSA) is 89.9 Å². The van der Waals surface area contributed by atoms with Crippen molar-refractivity contribution in [1.82, 2.24) is 0 Å². The Hall–Kier alpha value is -0.660. The van der Waals surface area contributed by atoms with Gasteiger partial charge in [0.25, 0.3) is 0 Å². The average Bonchev–Trinajstić information content (AvgIpc) is 2.03. The van der Waals surface area contributed by atoms with Gasteiger partial charge in [-0.25, -0.2) is 4.18 Å². The normalized spacial score (nSPS) is 10.0. The van der Waals surface area contributed by atoms with Crippen molar-refractivity contribution in [3.8, 4) is 0 Å². The van der Waals surface area contributed by atoms with Gasteiger partial charge >= 0.3 is 16.4 Å². The Kier molecular flexibility index (Phi) is 10.1. The molecular formula is C7H16O6S. The fourth-order valence-electron chi connectivity index (χ4n) is 0.455. The van der Waals surface area contributed by atoms with Crippen molar-refractivity contribution in [3.05, 3.63) is 0 Å². The molecule has 0 atom stereocenters. The lowest BCUT2D eigenvalue weighted by Crippen LogP contribution is -2.01. The molecule has 0 amide bonds. The highest BCUT2D eigenvalue weighted by atomic mass is 32.3. The Bertz CT molecular complexity index is 233. The first-order valence-electron chi connectivity index (χ1n) is 4.06. The monoisotopic (exact) mass is 228 g/mol. The number of esters is 1. The summed E-state index contributed by atoms with van der Waals surface area (Å²) >= 11 is 0. The van der Waals surface area contributed by atoms with Crippen molar-refractivity contribution in [1.29, 1.82) is 0 Å². The zero-order valence-electron chi connectivity index (χ0n) is 8.52. The molecule has 0 aromatic rings. The molecule has 0 aliphatic carbocycles. The highest BCUT2D eigenvalue weighted by molar-refractivity contribution is 7.80. The molecule has 7 heteroatoms. The molecule has 6 nitrogen and oxygen atoms in total. The summed E-state index contributed by atoms with van der Waals surface area (Å²) in [5.74, 6) is -0.123. The third-order valence-corrected chi connectivity index (χ3v) is 1.48.